The van der Waals surface area contributed by atoms with Gasteiger partial charge in [0.15, 0.2) is 0 Å². The van der Waals surface area contributed by atoms with E-state index in [4.69, 9.17) is 0 Å². The molecule has 0 aromatic heterocycles. The Labute approximate surface area is 140 Å². The van der Waals surface area contributed by atoms with Gasteiger partial charge in [0.2, 0.25) is 10.0 Å². The lowest BCUT2D eigenvalue weighted by molar-refractivity contribution is 0.579. The number of hydrogen-bond acceptors (Lipinski definition) is 2. The average molecular weight is 382 g/mol. The maximum absolute atomic E-state index is 12.7. The van der Waals surface area contributed by atoms with Crippen LogP contribution in [0.5, 0.6) is 0 Å². The monoisotopic (exact) mass is 381 g/mol. The molecule has 22 heavy (non-hydrogen) atoms. The van der Waals surface area contributed by atoms with Crippen LogP contribution in [0.25, 0.3) is 0 Å². The Balaban J connectivity index is 2.35. The molecule has 0 radical (unpaired) electrons. The number of benzene rings is 2. The van der Waals surface area contributed by atoms with Gasteiger partial charge in [-0.25, -0.2) is 13.1 Å². The molecule has 118 valence electrons. The minimum absolute atomic E-state index is 0.125. The highest BCUT2D eigenvalue weighted by atomic mass is 79.9. The van der Waals surface area contributed by atoms with Crippen LogP contribution in [0.1, 0.15) is 36.5 Å². The zero-order chi connectivity index (χ0) is 16.3. The van der Waals surface area contributed by atoms with E-state index in [9.17, 15) is 8.42 Å². The Morgan fingerprint density at radius 3 is 2.36 bits per heavy atom. The third-order valence-corrected chi connectivity index (χ3v) is 5.82. The van der Waals surface area contributed by atoms with Crippen molar-refractivity contribution in [2.75, 3.05) is 0 Å². The summed E-state index contributed by atoms with van der Waals surface area (Å²) in [6.45, 7) is 6.17. The van der Waals surface area contributed by atoms with Crippen molar-refractivity contribution in [3.05, 3.63) is 63.6 Å². The van der Waals surface area contributed by atoms with Crippen LogP contribution in [-0.4, -0.2) is 8.42 Å². The highest BCUT2D eigenvalue weighted by Crippen LogP contribution is 2.29. The van der Waals surface area contributed by atoms with Crippen molar-refractivity contribution < 1.29 is 8.42 Å². The quantitative estimate of drug-likeness (QED) is 0.835. The number of halogens is 1. The van der Waals surface area contributed by atoms with Crippen LogP contribution in [0, 0.1) is 6.92 Å². The zero-order valence-corrected chi connectivity index (χ0v) is 15.3. The molecule has 0 aliphatic carbocycles. The van der Waals surface area contributed by atoms with Crippen LogP contribution in [0.15, 0.2) is 51.8 Å². The van der Waals surface area contributed by atoms with Crippen LogP contribution in [-0.2, 0) is 16.6 Å². The minimum atomic E-state index is -3.54. The third-order valence-electron chi connectivity index (χ3n) is 3.51. The van der Waals surface area contributed by atoms with Crippen molar-refractivity contribution in [2.45, 2.75) is 38.1 Å². The molecule has 0 bridgehead atoms. The fourth-order valence-electron chi connectivity index (χ4n) is 2.21. The average Bonchev–Trinajstić information content (AvgIpc) is 2.48. The molecule has 0 saturated carbocycles. The Morgan fingerprint density at radius 1 is 1.14 bits per heavy atom. The van der Waals surface area contributed by atoms with Crippen molar-refractivity contribution in [1.29, 1.82) is 0 Å². The summed E-state index contributed by atoms with van der Waals surface area (Å²) in [5.41, 5.74) is 2.66. The first-order valence-electron chi connectivity index (χ1n) is 7.15. The predicted molar refractivity (Wildman–Crippen MR) is 93.4 cm³/mol. The molecular formula is C17H20BrNO2S. The smallest absolute Gasteiger partial charge is 0.207 e. The molecule has 0 atom stereocenters. The first-order valence-corrected chi connectivity index (χ1v) is 9.42. The van der Waals surface area contributed by atoms with Crippen LogP contribution < -0.4 is 4.72 Å². The van der Waals surface area contributed by atoms with Gasteiger partial charge < -0.3 is 0 Å². The molecular weight excluding hydrogens is 362 g/mol. The Bertz CT molecular complexity index is 756. The topological polar surface area (TPSA) is 46.2 Å². The van der Waals surface area contributed by atoms with Crippen molar-refractivity contribution in [1.82, 2.24) is 4.72 Å². The molecule has 5 heteroatoms. The van der Waals surface area contributed by atoms with E-state index in [-0.39, 0.29) is 12.5 Å². The lowest BCUT2D eigenvalue weighted by atomic mass is 10.0. The Kier molecular flexibility index (Phi) is 5.42. The molecule has 2 rings (SSSR count). The molecule has 0 spiro atoms. The maximum atomic E-state index is 12.7. The lowest BCUT2D eigenvalue weighted by Crippen LogP contribution is -2.24. The molecule has 3 nitrogen and oxygen atoms in total. The van der Waals surface area contributed by atoms with Gasteiger partial charge in [0, 0.05) is 11.0 Å². The lowest BCUT2D eigenvalue weighted by Gasteiger charge is -2.16. The van der Waals surface area contributed by atoms with Crippen LogP contribution >= 0.6 is 15.9 Å². The fraction of sp³-hybridized carbons (Fsp3) is 0.294. The van der Waals surface area contributed by atoms with Gasteiger partial charge in [-0.2, -0.15) is 0 Å². The largest absolute Gasteiger partial charge is 0.241 e. The van der Waals surface area contributed by atoms with Gasteiger partial charge >= 0.3 is 0 Å². The molecule has 0 amide bonds. The normalized spacial score (nSPS) is 11.9. The number of hydrogen-bond donors (Lipinski definition) is 1. The first-order chi connectivity index (χ1) is 10.3. The second-order valence-corrected chi connectivity index (χ2v) is 8.19. The molecule has 0 saturated heterocycles. The maximum Gasteiger partial charge on any atom is 0.241 e. The molecule has 0 heterocycles. The van der Waals surface area contributed by atoms with E-state index >= 15 is 0 Å². The predicted octanol–water partition coefficient (Wildman–Crippen LogP) is 4.36. The summed E-state index contributed by atoms with van der Waals surface area (Å²) in [5.74, 6) is 0.125. The molecule has 1 N–H and O–H groups in total. The summed E-state index contributed by atoms with van der Waals surface area (Å²) in [6, 6.07) is 13.1. The summed E-state index contributed by atoms with van der Waals surface area (Å²) in [4.78, 5) is 0.360. The molecule has 0 fully saturated rings. The van der Waals surface area contributed by atoms with Gasteiger partial charge in [0.25, 0.3) is 0 Å². The van der Waals surface area contributed by atoms with E-state index in [1.54, 1.807) is 6.07 Å². The van der Waals surface area contributed by atoms with E-state index in [1.165, 1.54) is 0 Å². The second-order valence-electron chi connectivity index (χ2n) is 5.60. The highest BCUT2D eigenvalue weighted by molar-refractivity contribution is 9.10. The molecule has 2 aromatic carbocycles. The fourth-order valence-corrected chi connectivity index (χ4v) is 4.02. The Hall–Kier alpha value is -1.17. The standard InChI is InChI=1S/C17H20BrNO2S/c1-12(2)15-10-16(18)13(3)9-17(15)22(20,21)19-11-14-7-5-4-6-8-14/h4-10,12,19H,11H2,1-3H3. The third kappa shape index (κ3) is 3.97. The van der Waals surface area contributed by atoms with E-state index in [2.05, 4.69) is 20.7 Å². The SMILES string of the molecule is Cc1cc(S(=O)(=O)NCc2ccccc2)c(C(C)C)cc1Br. The number of sulfonamides is 1. The van der Waals surface area contributed by atoms with E-state index < -0.39 is 10.0 Å². The number of nitrogens with one attached hydrogen (secondary N) is 1. The molecule has 0 unspecified atom stereocenters. The van der Waals surface area contributed by atoms with Crippen molar-refractivity contribution in [2.24, 2.45) is 0 Å². The van der Waals surface area contributed by atoms with Crippen LogP contribution in [0.2, 0.25) is 0 Å². The van der Waals surface area contributed by atoms with E-state index in [0.29, 0.717) is 4.90 Å². The summed E-state index contributed by atoms with van der Waals surface area (Å²) >= 11 is 3.48. The summed E-state index contributed by atoms with van der Waals surface area (Å²) in [5, 5.41) is 0. The molecule has 0 aliphatic rings. The van der Waals surface area contributed by atoms with Gasteiger partial charge in [0.1, 0.15) is 0 Å². The number of aryl methyl sites for hydroxylation is 1. The van der Waals surface area contributed by atoms with E-state index in [0.717, 1.165) is 21.2 Å². The Morgan fingerprint density at radius 2 is 1.77 bits per heavy atom. The first kappa shape index (κ1) is 17.2. The zero-order valence-electron chi connectivity index (χ0n) is 12.9. The van der Waals surface area contributed by atoms with Crippen LogP contribution in [0.4, 0.5) is 0 Å². The highest BCUT2D eigenvalue weighted by Gasteiger charge is 2.21. The second kappa shape index (κ2) is 6.94. The van der Waals surface area contributed by atoms with Crippen LogP contribution in [0.3, 0.4) is 0 Å². The van der Waals surface area contributed by atoms with Gasteiger partial charge in [0.05, 0.1) is 4.90 Å². The van der Waals surface area contributed by atoms with Gasteiger partial charge in [-0.05, 0) is 41.7 Å². The van der Waals surface area contributed by atoms with Crippen molar-refractivity contribution >= 4 is 26.0 Å². The van der Waals surface area contributed by atoms with E-state index in [1.807, 2.05) is 57.2 Å². The van der Waals surface area contributed by atoms with Gasteiger partial charge in [-0.3, -0.25) is 0 Å². The summed E-state index contributed by atoms with van der Waals surface area (Å²) < 4.78 is 29.0. The van der Waals surface area contributed by atoms with Crippen molar-refractivity contribution in [3.8, 4) is 0 Å². The minimum Gasteiger partial charge on any atom is -0.207 e. The molecule has 2 aromatic rings. The summed E-state index contributed by atoms with van der Waals surface area (Å²) in [6.07, 6.45) is 0. The summed E-state index contributed by atoms with van der Waals surface area (Å²) in [7, 11) is -3.54. The molecule has 0 aliphatic heterocycles. The van der Waals surface area contributed by atoms with Crippen molar-refractivity contribution in [3.63, 3.8) is 0 Å². The van der Waals surface area contributed by atoms with Gasteiger partial charge in [-0.1, -0.05) is 60.1 Å². The number of rotatable bonds is 5. The van der Waals surface area contributed by atoms with Gasteiger partial charge in [-0.15, -0.1) is 0 Å².